The Hall–Kier alpha value is -1.77. The summed E-state index contributed by atoms with van der Waals surface area (Å²) in [4.78, 5) is 10.2. The van der Waals surface area contributed by atoms with Crippen LogP contribution in [0, 0.1) is 0 Å². The molecular weight excluding hydrogens is 180 g/mol. The van der Waals surface area contributed by atoms with Crippen molar-refractivity contribution in [2.45, 2.75) is 6.92 Å². The van der Waals surface area contributed by atoms with Crippen LogP contribution in [0.1, 0.15) is 6.92 Å². The number of ether oxygens (including phenoxy) is 1. The minimum atomic E-state index is -0.519. The second kappa shape index (κ2) is 9.32. The van der Waals surface area contributed by atoms with Gasteiger partial charge in [-0.3, -0.25) is 0 Å². The third kappa shape index (κ3) is 8.33. The minimum Gasteiger partial charge on any atom is -0.515 e. The maximum absolute atomic E-state index is 10.2. The van der Waals surface area contributed by atoms with Gasteiger partial charge in [0.25, 0.3) is 0 Å². The molecule has 0 saturated heterocycles. The van der Waals surface area contributed by atoms with Gasteiger partial charge in [-0.25, -0.2) is 4.79 Å². The summed E-state index contributed by atoms with van der Waals surface area (Å²) in [6, 6.07) is 12.0. The maximum atomic E-state index is 10.2. The smallest absolute Gasteiger partial charge is 0.333 e. The topological polar surface area (TPSA) is 46.5 Å². The highest BCUT2D eigenvalue weighted by Gasteiger charge is 1.89. The first-order valence-electron chi connectivity index (χ1n) is 4.28. The van der Waals surface area contributed by atoms with Crippen molar-refractivity contribution in [3.63, 3.8) is 0 Å². The van der Waals surface area contributed by atoms with Gasteiger partial charge >= 0.3 is 5.97 Å². The van der Waals surface area contributed by atoms with Crippen LogP contribution in [0.25, 0.3) is 0 Å². The third-order valence-corrected chi connectivity index (χ3v) is 1.16. The van der Waals surface area contributed by atoms with Gasteiger partial charge in [0.1, 0.15) is 0 Å². The van der Waals surface area contributed by atoms with Crippen molar-refractivity contribution in [3.05, 3.63) is 48.7 Å². The van der Waals surface area contributed by atoms with Gasteiger partial charge < -0.3 is 9.84 Å². The van der Waals surface area contributed by atoms with Crippen LogP contribution in [0.15, 0.2) is 48.7 Å². The highest BCUT2D eigenvalue weighted by atomic mass is 16.5. The van der Waals surface area contributed by atoms with E-state index in [9.17, 15) is 4.79 Å². The molecule has 3 heteroatoms. The van der Waals surface area contributed by atoms with E-state index in [1.165, 1.54) is 0 Å². The molecule has 0 aliphatic carbocycles. The highest BCUT2D eigenvalue weighted by molar-refractivity contribution is 5.81. The lowest BCUT2D eigenvalue weighted by Gasteiger charge is -1.91. The fraction of sp³-hybridized carbons (Fsp3) is 0.182. The van der Waals surface area contributed by atoms with Crippen molar-refractivity contribution in [3.8, 4) is 0 Å². The molecule has 1 rings (SSSR count). The maximum Gasteiger partial charge on any atom is 0.333 e. The number of aliphatic hydroxyl groups excluding tert-OH is 1. The van der Waals surface area contributed by atoms with E-state index >= 15 is 0 Å². The molecule has 76 valence electrons. The van der Waals surface area contributed by atoms with Crippen molar-refractivity contribution in [2.75, 3.05) is 6.61 Å². The summed E-state index contributed by atoms with van der Waals surface area (Å²) in [6.07, 6.45) is 1.60. The van der Waals surface area contributed by atoms with Crippen molar-refractivity contribution in [1.29, 1.82) is 0 Å². The predicted molar refractivity (Wildman–Crippen MR) is 54.8 cm³/mol. The van der Waals surface area contributed by atoms with Crippen molar-refractivity contribution in [1.82, 2.24) is 0 Å². The van der Waals surface area contributed by atoms with Crippen LogP contribution < -0.4 is 0 Å². The summed E-state index contributed by atoms with van der Waals surface area (Å²) in [5, 5.41) is 7.98. The lowest BCUT2D eigenvalue weighted by molar-refractivity contribution is -0.137. The molecule has 1 aromatic carbocycles. The molecule has 1 N–H and O–H groups in total. The molecule has 0 atom stereocenters. The van der Waals surface area contributed by atoms with E-state index < -0.39 is 5.97 Å². The van der Waals surface area contributed by atoms with Crippen LogP contribution in [0.2, 0.25) is 0 Å². The van der Waals surface area contributed by atoms with Gasteiger partial charge in [0.05, 0.1) is 18.9 Å². The lowest BCUT2D eigenvalue weighted by atomic mass is 10.4. The number of benzene rings is 1. The Balaban J connectivity index is 0.000000249. The molecule has 14 heavy (non-hydrogen) atoms. The van der Waals surface area contributed by atoms with E-state index in [4.69, 9.17) is 5.11 Å². The van der Waals surface area contributed by atoms with Crippen LogP contribution in [-0.2, 0) is 9.53 Å². The molecular formula is C11H14O3. The van der Waals surface area contributed by atoms with Gasteiger partial charge in [-0.05, 0) is 6.92 Å². The number of carbonyl (C=O) groups is 1. The molecule has 3 nitrogen and oxygen atoms in total. The van der Waals surface area contributed by atoms with E-state index in [0.717, 1.165) is 6.08 Å². The molecule has 0 unspecified atom stereocenters. The number of rotatable bonds is 2. The van der Waals surface area contributed by atoms with Crippen LogP contribution >= 0.6 is 0 Å². The number of hydrogen-bond acceptors (Lipinski definition) is 3. The number of esters is 1. The Morgan fingerprint density at radius 3 is 1.93 bits per heavy atom. The first-order chi connectivity index (χ1) is 6.81. The van der Waals surface area contributed by atoms with Gasteiger partial charge in [0, 0.05) is 0 Å². The Kier molecular flexibility index (Phi) is 8.14. The summed E-state index contributed by atoms with van der Waals surface area (Å²) in [7, 11) is 0. The first kappa shape index (κ1) is 12.2. The summed E-state index contributed by atoms with van der Waals surface area (Å²) >= 11 is 0. The second-order valence-corrected chi connectivity index (χ2v) is 2.22. The molecule has 0 aliphatic heterocycles. The van der Waals surface area contributed by atoms with E-state index in [1.54, 1.807) is 6.92 Å². The van der Waals surface area contributed by atoms with Crippen LogP contribution in [-0.4, -0.2) is 17.7 Å². The molecule has 0 fully saturated rings. The summed E-state index contributed by atoms with van der Waals surface area (Å²) in [6.45, 7) is 2.03. The third-order valence-electron chi connectivity index (χ3n) is 1.16. The predicted octanol–water partition coefficient (Wildman–Crippen LogP) is 2.31. The molecule has 0 amide bonds. The molecule has 0 saturated carbocycles. The zero-order valence-electron chi connectivity index (χ0n) is 8.09. The van der Waals surface area contributed by atoms with E-state index in [2.05, 4.69) is 4.74 Å². The molecule has 0 bridgehead atoms. The largest absolute Gasteiger partial charge is 0.515 e. The second-order valence-electron chi connectivity index (χ2n) is 2.22. The molecule has 1 aromatic rings. The van der Waals surface area contributed by atoms with Crippen molar-refractivity contribution < 1.29 is 14.6 Å². The van der Waals surface area contributed by atoms with Crippen LogP contribution in [0.5, 0.6) is 0 Å². The minimum absolute atomic E-state index is 0.336. The van der Waals surface area contributed by atoms with Gasteiger partial charge in [-0.1, -0.05) is 36.4 Å². The van der Waals surface area contributed by atoms with Gasteiger partial charge in [-0.15, -0.1) is 0 Å². The van der Waals surface area contributed by atoms with E-state index in [1.807, 2.05) is 36.4 Å². The summed E-state index contributed by atoms with van der Waals surface area (Å²) in [5.74, 6) is -0.519. The Morgan fingerprint density at radius 2 is 1.64 bits per heavy atom. The summed E-state index contributed by atoms with van der Waals surface area (Å²) in [5.41, 5.74) is 0. The van der Waals surface area contributed by atoms with E-state index in [0.29, 0.717) is 12.9 Å². The van der Waals surface area contributed by atoms with Crippen molar-refractivity contribution >= 4 is 5.97 Å². The highest BCUT2D eigenvalue weighted by Crippen LogP contribution is 1.80. The first-order valence-corrected chi connectivity index (χ1v) is 4.28. The average molecular weight is 194 g/mol. The lowest BCUT2D eigenvalue weighted by Crippen LogP contribution is -1.98. The monoisotopic (exact) mass is 194 g/mol. The van der Waals surface area contributed by atoms with E-state index in [-0.39, 0.29) is 0 Å². The Labute approximate surface area is 83.6 Å². The Bertz CT molecular complexity index is 228. The van der Waals surface area contributed by atoms with Crippen LogP contribution in [0.4, 0.5) is 0 Å². The molecule has 0 aromatic heterocycles. The zero-order chi connectivity index (χ0) is 10.6. The fourth-order valence-electron chi connectivity index (χ4n) is 0.636. The SMILES string of the molecule is CCOC(=O)C=CO.c1ccccc1. The van der Waals surface area contributed by atoms with Crippen LogP contribution in [0.3, 0.4) is 0 Å². The number of aliphatic hydroxyl groups is 1. The quantitative estimate of drug-likeness (QED) is 0.446. The number of hydrogen-bond donors (Lipinski definition) is 1. The number of carbonyl (C=O) groups excluding carboxylic acids is 1. The van der Waals surface area contributed by atoms with Gasteiger partial charge in [0.2, 0.25) is 0 Å². The normalized spacial score (nSPS) is 8.93. The molecule has 0 heterocycles. The molecule has 0 spiro atoms. The van der Waals surface area contributed by atoms with Crippen molar-refractivity contribution in [2.24, 2.45) is 0 Å². The molecule has 0 radical (unpaired) electrons. The standard InChI is InChI=1S/C6H6.C5H8O3/c1-2-4-6-5-3-1;1-2-8-5(7)3-4-6/h1-6H;3-4,6H,2H2,1H3. The molecule has 0 aliphatic rings. The summed E-state index contributed by atoms with van der Waals surface area (Å²) < 4.78 is 4.40. The van der Waals surface area contributed by atoms with Gasteiger partial charge in [0.15, 0.2) is 0 Å². The fourth-order valence-corrected chi connectivity index (χ4v) is 0.636. The Morgan fingerprint density at radius 1 is 1.21 bits per heavy atom. The zero-order valence-corrected chi connectivity index (χ0v) is 8.09. The van der Waals surface area contributed by atoms with Gasteiger partial charge in [-0.2, -0.15) is 0 Å². The average Bonchev–Trinajstić information content (AvgIpc) is 2.22.